The van der Waals surface area contributed by atoms with Gasteiger partial charge in [0.2, 0.25) is 0 Å². The van der Waals surface area contributed by atoms with Crippen LogP contribution in [-0.4, -0.2) is 37.6 Å². The van der Waals surface area contributed by atoms with Crippen molar-refractivity contribution in [1.82, 2.24) is 10.0 Å². The number of nitro benzene ring substituents is 2. The molecule has 2 aliphatic carbocycles. The first kappa shape index (κ1) is 21.7. The summed E-state index contributed by atoms with van der Waals surface area (Å²) in [5.41, 5.74) is -0.565. The molecule has 3 amide bonds. The topological polar surface area (TPSA) is 144 Å². The number of hydrogen-bond acceptors (Lipinski definition) is 7. The van der Waals surface area contributed by atoms with Crippen LogP contribution in [0.25, 0.3) is 0 Å². The summed E-state index contributed by atoms with van der Waals surface area (Å²) in [5.74, 6) is -2.64. The van der Waals surface area contributed by atoms with Crippen LogP contribution >= 0.6 is 0 Å². The minimum absolute atomic E-state index is 0.0808. The van der Waals surface area contributed by atoms with Crippen LogP contribution in [0.4, 0.5) is 11.4 Å². The molecule has 0 N–H and O–H groups in total. The summed E-state index contributed by atoms with van der Waals surface area (Å²) >= 11 is 0. The van der Waals surface area contributed by atoms with E-state index in [-0.39, 0.29) is 34.3 Å². The largest absolute Gasteiger partial charge is 0.274 e. The molecule has 2 aromatic rings. The molecule has 2 aromatic carbocycles. The predicted molar refractivity (Wildman–Crippen MR) is 116 cm³/mol. The maximum absolute atomic E-state index is 13.6. The van der Waals surface area contributed by atoms with E-state index in [1.54, 1.807) is 6.07 Å². The first-order chi connectivity index (χ1) is 16.3. The Hall–Kier alpha value is -4.15. The van der Waals surface area contributed by atoms with Gasteiger partial charge in [-0.05, 0) is 37.2 Å². The predicted octanol–water partition coefficient (Wildman–Crippen LogP) is 3.09. The number of nitrogens with zero attached hydrogens (tertiary/aromatic N) is 4. The molecule has 34 heavy (non-hydrogen) atoms. The van der Waals surface area contributed by atoms with E-state index in [1.807, 2.05) is 0 Å². The van der Waals surface area contributed by atoms with Gasteiger partial charge in [-0.15, -0.1) is 0 Å². The highest BCUT2D eigenvalue weighted by molar-refractivity contribution is 6.08. The fourth-order valence-electron chi connectivity index (χ4n) is 5.75. The lowest BCUT2D eigenvalue weighted by Gasteiger charge is -2.31. The Balaban J connectivity index is 1.57. The summed E-state index contributed by atoms with van der Waals surface area (Å²) in [6.45, 7) is -0.412. The summed E-state index contributed by atoms with van der Waals surface area (Å²) in [7, 11) is 0. The van der Waals surface area contributed by atoms with Gasteiger partial charge in [-0.3, -0.25) is 34.6 Å². The normalized spacial score (nSPS) is 24.9. The minimum atomic E-state index is -0.823. The molecule has 5 rings (SSSR count). The monoisotopic (exact) mass is 464 g/mol. The molecule has 11 nitrogen and oxygen atoms in total. The first-order valence-electron chi connectivity index (χ1n) is 10.9. The molecule has 2 saturated carbocycles. The third-order valence-electron chi connectivity index (χ3n) is 7.19. The van der Waals surface area contributed by atoms with Gasteiger partial charge in [0, 0.05) is 23.8 Å². The summed E-state index contributed by atoms with van der Waals surface area (Å²) < 4.78 is 0. The molecule has 1 saturated heterocycles. The molecule has 3 fully saturated rings. The van der Waals surface area contributed by atoms with Crippen molar-refractivity contribution < 1.29 is 24.2 Å². The van der Waals surface area contributed by atoms with Crippen molar-refractivity contribution in [2.45, 2.75) is 25.8 Å². The summed E-state index contributed by atoms with van der Waals surface area (Å²) in [5, 5.41) is 24.5. The smallest absolute Gasteiger partial charge is 0.272 e. The third kappa shape index (κ3) is 3.31. The van der Waals surface area contributed by atoms with Crippen molar-refractivity contribution in [3.63, 3.8) is 0 Å². The molecule has 11 heteroatoms. The molecule has 1 heterocycles. The van der Waals surface area contributed by atoms with Crippen LogP contribution in [0.15, 0.2) is 48.5 Å². The lowest BCUT2D eigenvalue weighted by Crippen LogP contribution is -2.50. The zero-order valence-electron chi connectivity index (χ0n) is 17.9. The van der Waals surface area contributed by atoms with E-state index in [0.717, 1.165) is 35.3 Å². The second-order valence-corrected chi connectivity index (χ2v) is 8.93. The minimum Gasteiger partial charge on any atom is -0.272 e. The molecule has 0 spiro atoms. The molecule has 0 unspecified atom stereocenters. The number of carbonyl (C=O) groups excluding carboxylic acids is 3. The Morgan fingerprint density at radius 1 is 0.941 bits per heavy atom. The lowest BCUT2D eigenvalue weighted by atomic mass is 9.81. The summed E-state index contributed by atoms with van der Waals surface area (Å²) in [4.78, 5) is 61.9. The van der Waals surface area contributed by atoms with Crippen molar-refractivity contribution in [3.8, 4) is 0 Å². The van der Waals surface area contributed by atoms with Crippen LogP contribution in [0.1, 0.15) is 35.2 Å². The number of para-hydroxylation sites is 1. The van der Waals surface area contributed by atoms with Gasteiger partial charge in [-0.2, -0.15) is 5.01 Å². The van der Waals surface area contributed by atoms with Gasteiger partial charge < -0.3 is 0 Å². The standard InChI is InChI=1S/C23H20N4O7/c28-21(15-5-3-6-17(11-15)26(31)32)24(12-16-4-1-2-7-18(16)27(33)34)25-22(29)19-13-8-9-14(10-13)20(19)23(25)30/h1-7,11,13-14,19-20H,8-10,12H2/t13-,14-,19-,20+/m0/s1. The fraction of sp³-hybridized carbons (Fsp3) is 0.348. The second kappa shape index (κ2) is 8.01. The van der Waals surface area contributed by atoms with Crippen molar-refractivity contribution in [2.75, 3.05) is 0 Å². The van der Waals surface area contributed by atoms with Gasteiger partial charge in [0.05, 0.1) is 33.8 Å². The Morgan fingerprint density at radius 2 is 1.59 bits per heavy atom. The first-order valence-corrected chi connectivity index (χ1v) is 10.9. The molecule has 4 atom stereocenters. The maximum atomic E-state index is 13.6. The van der Waals surface area contributed by atoms with Crippen molar-refractivity contribution in [2.24, 2.45) is 23.7 Å². The number of hydrogen-bond donors (Lipinski definition) is 0. The van der Waals surface area contributed by atoms with E-state index in [2.05, 4.69) is 0 Å². The molecule has 174 valence electrons. The highest BCUT2D eigenvalue weighted by Crippen LogP contribution is 2.56. The van der Waals surface area contributed by atoms with Crippen LogP contribution in [0.2, 0.25) is 0 Å². The average molecular weight is 464 g/mol. The van der Waals surface area contributed by atoms with E-state index in [9.17, 15) is 34.6 Å². The number of imide groups is 1. The molecular formula is C23H20N4O7. The van der Waals surface area contributed by atoms with Crippen LogP contribution in [0.5, 0.6) is 0 Å². The highest BCUT2D eigenvalue weighted by atomic mass is 16.6. The van der Waals surface area contributed by atoms with E-state index in [1.165, 1.54) is 36.4 Å². The molecule has 0 radical (unpaired) electrons. The average Bonchev–Trinajstić information content (AvgIpc) is 3.51. The Morgan fingerprint density at radius 3 is 2.21 bits per heavy atom. The summed E-state index contributed by atoms with van der Waals surface area (Å²) in [6, 6.07) is 10.7. The van der Waals surface area contributed by atoms with E-state index in [0.29, 0.717) is 0 Å². The number of benzene rings is 2. The third-order valence-corrected chi connectivity index (χ3v) is 7.19. The van der Waals surface area contributed by atoms with Crippen molar-refractivity contribution >= 4 is 29.1 Å². The van der Waals surface area contributed by atoms with Crippen LogP contribution in [0.3, 0.4) is 0 Å². The fourth-order valence-corrected chi connectivity index (χ4v) is 5.75. The van der Waals surface area contributed by atoms with Crippen molar-refractivity contribution in [1.29, 1.82) is 0 Å². The summed E-state index contributed by atoms with van der Waals surface area (Å²) in [6.07, 6.45) is 2.51. The molecule has 1 aliphatic heterocycles. The molecule has 2 bridgehead atoms. The zero-order valence-corrected chi connectivity index (χ0v) is 17.9. The molecule has 0 aromatic heterocycles. The number of carbonyl (C=O) groups is 3. The number of amides is 3. The van der Waals surface area contributed by atoms with Gasteiger partial charge in [-0.1, -0.05) is 24.3 Å². The van der Waals surface area contributed by atoms with E-state index < -0.39 is 45.9 Å². The Labute approximate surface area is 193 Å². The Kier molecular flexibility index (Phi) is 5.11. The number of fused-ring (bicyclic) bond motifs is 5. The van der Waals surface area contributed by atoms with E-state index >= 15 is 0 Å². The SMILES string of the molecule is O=C(c1cccc([N+](=O)[O-])c1)N(Cc1ccccc1[N+](=O)[O-])N1C(=O)[C@@H]2[C@H]3CC[C@@H](C3)[C@@H]2C1=O. The lowest BCUT2D eigenvalue weighted by molar-refractivity contribution is -0.385. The van der Waals surface area contributed by atoms with Crippen molar-refractivity contribution in [3.05, 3.63) is 79.9 Å². The molecular weight excluding hydrogens is 444 g/mol. The van der Waals surface area contributed by atoms with Gasteiger partial charge in [0.1, 0.15) is 0 Å². The highest BCUT2D eigenvalue weighted by Gasteiger charge is 2.62. The van der Waals surface area contributed by atoms with Crippen LogP contribution in [0, 0.1) is 43.9 Å². The quantitative estimate of drug-likeness (QED) is 0.363. The number of hydrazine groups is 1. The van der Waals surface area contributed by atoms with Gasteiger partial charge in [0.25, 0.3) is 29.1 Å². The zero-order chi connectivity index (χ0) is 24.1. The Bertz CT molecular complexity index is 1220. The number of nitro groups is 2. The molecule has 3 aliphatic rings. The number of non-ortho nitro benzene ring substituents is 1. The van der Waals surface area contributed by atoms with Crippen LogP contribution in [-0.2, 0) is 16.1 Å². The second-order valence-electron chi connectivity index (χ2n) is 8.93. The van der Waals surface area contributed by atoms with Gasteiger partial charge >= 0.3 is 0 Å². The maximum Gasteiger partial charge on any atom is 0.274 e. The van der Waals surface area contributed by atoms with Gasteiger partial charge in [-0.25, -0.2) is 5.01 Å². The number of rotatable bonds is 6. The van der Waals surface area contributed by atoms with E-state index in [4.69, 9.17) is 0 Å². The van der Waals surface area contributed by atoms with Gasteiger partial charge in [0.15, 0.2) is 0 Å². The van der Waals surface area contributed by atoms with Crippen LogP contribution < -0.4 is 0 Å².